The third-order valence-corrected chi connectivity index (χ3v) is 4.13. The van der Waals surface area contributed by atoms with Crippen LogP contribution in [-0.4, -0.2) is 20.6 Å². The van der Waals surface area contributed by atoms with Crippen LogP contribution in [-0.2, 0) is 0 Å². The quantitative estimate of drug-likeness (QED) is 0.661. The summed E-state index contributed by atoms with van der Waals surface area (Å²) in [7, 11) is 0. The molecule has 0 spiro atoms. The molecule has 1 heterocycles. The van der Waals surface area contributed by atoms with Gasteiger partial charge < -0.3 is 10.6 Å². The number of benzene rings is 1. The Hall–Kier alpha value is -1.18. The van der Waals surface area contributed by atoms with Gasteiger partial charge in [-0.05, 0) is 24.4 Å². The fourth-order valence-corrected chi connectivity index (χ4v) is 3.55. The van der Waals surface area contributed by atoms with Gasteiger partial charge in [-0.2, -0.15) is 0 Å². The lowest BCUT2D eigenvalue weighted by molar-refractivity contribution is 1.00. The highest BCUT2D eigenvalue weighted by atomic mass is 32.2. The highest BCUT2D eigenvalue weighted by Crippen LogP contribution is 2.28. The topological polar surface area (TPSA) is 49.8 Å². The summed E-state index contributed by atoms with van der Waals surface area (Å²) in [5.74, 6) is 0. The van der Waals surface area contributed by atoms with Crippen LogP contribution >= 0.6 is 35.3 Å². The first-order valence-electron chi connectivity index (χ1n) is 5.76. The Bertz CT molecular complexity index is 539. The molecule has 0 saturated carbocycles. The molecule has 0 saturated heterocycles. The van der Waals surface area contributed by atoms with Gasteiger partial charge in [0.15, 0.2) is 9.45 Å². The average molecular weight is 310 g/mol. The van der Waals surface area contributed by atoms with Crippen LogP contribution in [0, 0.1) is 0 Å². The number of rotatable bonds is 4. The van der Waals surface area contributed by atoms with Crippen LogP contribution in [0.1, 0.15) is 13.8 Å². The van der Waals surface area contributed by atoms with Gasteiger partial charge in [-0.1, -0.05) is 55.1 Å². The Labute approximate surface area is 126 Å². The molecule has 0 fully saturated rings. The number of nitrogens with one attached hydrogen (secondary N) is 2. The van der Waals surface area contributed by atoms with E-state index in [2.05, 4.69) is 34.7 Å². The molecule has 2 N–H and O–H groups in total. The highest BCUT2D eigenvalue weighted by molar-refractivity contribution is 8.01. The van der Waals surface area contributed by atoms with E-state index in [-0.39, 0.29) is 0 Å². The summed E-state index contributed by atoms with van der Waals surface area (Å²) in [5.41, 5.74) is 0.946. The van der Waals surface area contributed by atoms with Crippen molar-refractivity contribution in [2.24, 2.45) is 0 Å². The van der Waals surface area contributed by atoms with Crippen LogP contribution in [0.5, 0.6) is 0 Å². The second kappa shape index (κ2) is 6.83. The van der Waals surface area contributed by atoms with Crippen LogP contribution in [0.3, 0.4) is 0 Å². The van der Waals surface area contributed by atoms with E-state index in [1.54, 1.807) is 11.8 Å². The second-order valence-corrected chi connectivity index (χ2v) is 7.19. The molecule has 0 bridgehead atoms. The van der Waals surface area contributed by atoms with Crippen molar-refractivity contribution in [1.29, 1.82) is 0 Å². The monoisotopic (exact) mass is 310 g/mol. The van der Waals surface area contributed by atoms with Crippen LogP contribution in [0.2, 0.25) is 0 Å². The molecule has 2 aromatic rings. The fraction of sp³-hybridized carbons (Fsp3) is 0.250. The molecule has 0 atom stereocenters. The number of hydrogen-bond acceptors (Lipinski definition) is 5. The highest BCUT2D eigenvalue weighted by Gasteiger charge is 2.07. The number of hydrogen-bond donors (Lipinski definition) is 2. The second-order valence-electron chi connectivity index (χ2n) is 3.98. The summed E-state index contributed by atoms with van der Waals surface area (Å²) in [5, 5.41) is 16.0. The number of anilines is 2. The molecule has 1 aromatic heterocycles. The van der Waals surface area contributed by atoms with Crippen molar-refractivity contribution in [2.75, 3.05) is 10.6 Å². The zero-order valence-corrected chi connectivity index (χ0v) is 13.0. The fourth-order valence-electron chi connectivity index (χ4n) is 1.29. The number of para-hydroxylation sites is 1. The summed E-state index contributed by atoms with van der Waals surface area (Å²) in [6.45, 7) is 4.25. The van der Waals surface area contributed by atoms with Crippen molar-refractivity contribution in [3.05, 3.63) is 30.3 Å². The molecule has 1 aromatic carbocycles. The molecule has 0 aliphatic carbocycles. The van der Waals surface area contributed by atoms with Gasteiger partial charge in [-0.15, -0.1) is 10.2 Å². The van der Waals surface area contributed by atoms with Crippen LogP contribution in [0.25, 0.3) is 0 Å². The van der Waals surface area contributed by atoms with Crippen molar-refractivity contribution in [3.8, 4) is 0 Å². The number of thioether (sulfide) groups is 1. The van der Waals surface area contributed by atoms with E-state index in [0.717, 1.165) is 10.0 Å². The standard InChI is InChI=1S/C12H14N4S3/c1-8(2)18-12-16-15-11(19-12)14-10(17)13-9-6-4-3-5-7-9/h3-8H,1-2H3,(H2,13,14,15,17). The lowest BCUT2D eigenvalue weighted by Gasteiger charge is -2.07. The Balaban J connectivity index is 1.90. The van der Waals surface area contributed by atoms with E-state index in [0.29, 0.717) is 15.5 Å². The number of thiocarbonyl (C=S) groups is 1. The van der Waals surface area contributed by atoms with Gasteiger partial charge in [-0.25, -0.2) is 0 Å². The molecule has 100 valence electrons. The Morgan fingerprint density at radius 2 is 1.95 bits per heavy atom. The van der Waals surface area contributed by atoms with Gasteiger partial charge in [0.1, 0.15) is 0 Å². The molecule has 4 nitrogen and oxygen atoms in total. The lowest BCUT2D eigenvalue weighted by atomic mass is 10.3. The first kappa shape index (κ1) is 14.2. The van der Waals surface area contributed by atoms with Crippen LogP contribution in [0.15, 0.2) is 34.7 Å². The van der Waals surface area contributed by atoms with Crippen molar-refractivity contribution in [3.63, 3.8) is 0 Å². The van der Waals surface area contributed by atoms with Crippen LogP contribution < -0.4 is 10.6 Å². The largest absolute Gasteiger partial charge is 0.332 e. The molecule has 0 unspecified atom stereocenters. The summed E-state index contributed by atoms with van der Waals surface area (Å²) in [6.07, 6.45) is 0. The smallest absolute Gasteiger partial charge is 0.212 e. The van der Waals surface area contributed by atoms with E-state index in [9.17, 15) is 0 Å². The maximum absolute atomic E-state index is 5.22. The van der Waals surface area contributed by atoms with Crippen molar-refractivity contribution >= 4 is 51.2 Å². The van der Waals surface area contributed by atoms with E-state index in [1.165, 1.54) is 11.3 Å². The maximum Gasteiger partial charge on any atom is 0.212 e. The summed E-state index contributed by atoms with van der Waals surface area (Å²) < 4.78 is 0.944. The third-order valence-electron chi connectivity index (χ3n) is 2.00. The normalized spacial score (nSPS) is 10.5. The molecule has 0 radical (unpaired) electrons. The van der Waals surface area contributed by atoms with Crippen molar-refractivity contribution in [2.45, 2.75) is 23.4 Å². The minimum absolute atomic E-state index is 0.496. The molecular formula is C12H14N4S3. The summed E-state index contributed by atoms with van der Waals surface area (Å²) in [6, 6.07) is 9.77. The minimum Gasteiger partial charge on any atom is -0.332 e. The average Bonchev–Trinajstić information content (AvgIpc) is 2.76. The minimum atomic E-state index is 0.496. The SMILES string of the molecule is CC(C)Sc1nnc(NC(=S)Nc2ccccc2)s1. The Morgan fingerprint density at radius 3 is 2.63 bits per heavy atom. The first-order valence-corrected chi connectivity index (χ1v) is 7.87. The molecule has 0 amide bonds. The van der Waals surface area contributed by atoms with Gasteiger partial charge in [-0.3, -0.25) is 0 Å². The van der Waals surface area contributed by atoms with E-state index in [4.69, 9.17) is 12.2 Å². The lowest BCUT2D eigenvalue weighted by Crippen LogP contribution is -2.18. The number of aromatic nitrogens is 2. The molecule has 0 aliphatic heterocycles. The predicted octanol–water partition coefficient (Wildman–Crippen LogP) is 3.85. The van der Waals surface area contributed by atoms with Gasteiger partial charge in [0.2, 0.25) is 5.13 Å². The van der Waals surface area contributed by atoms with E-state index in [1.807, 2.05) is 30.3 Å². The number of nitrogens with zero attached hydrogens (tertiary/aromatic N) is 2. The Morgan fingerprint density at radius 1 is 1.21 bits per heavy atom. The summed E-state index contributed by atoms with van der Waals surface area (Å²) in [4.78, 5) is 0. The molecule has 0 aliphatic rings. The Kier molecular flexibility index (Phi) is 5.12. The van der Waals surface area contributed by atoms with Crippen molar-refractivity contribution < 1.29 is 0 Å². The van der Waals surface area contributed by atoms with E-state index < -0.39 is 0 Å². The van der Waals surface area contributed by atoms with Gasteiger partial charge >= 0.3 is 0 Å². The maximum atomic E-state index is 5.22. The first-order chi connectivity index (χ1) is 9.13. The molecule has 2 rings (SSSR count). The zero-order chi connectivity index (χ0) is 13.7. The molecule has 7 heteroatoms. The zero-order valence-electron chi connectivity index (χ0n) is 10.6. The summed E-state index contributed by atoms with van der Waals surface area (Å²) >= 11 is 8.42. The van der Waals surface area contributed by atoms with Gasteiger partial charge in [0, 0.05) is 10.9 Å². The van der Waals surface area contributed by atoms with Gasteiger partial charge in [0.25, 0.3) is 0 Å². The molecular weight excluding hydrogens is 296 g/mol. The van der Waals surface area contributed by atoms with Crippen LogP contribution in [0.4, 0.5) is 10.8 Å². The van der Waals surface area contributed by atoms with E-state index >= 15 is 0 Å². The third kappa shape index (κ3) is 4.77. The van der Waals surface area contributed by atoms with Crippen molar-refractivity contribution in [1.82, 2.24) is 10.2 Å². The predicted molar refractivity (Wildman–Crippen MR) is 87.2 cm³/mol. The van der Waals surface area contributed by atoms with Gasteiger partial charge in [0.05, 0.1) is 0 Å². The molecule has 19 heavy (non-hydrogen) atoms.